The van der Waals surface area contributed by atoms with Crippen molar-refractivity contribution in [2.45, 2.75) is 32.9 Å². The third kappa shape index (κ3) is 1.67. The molecule has 1 aromatic rings. The summed E-state index contributed by atoms with van der Waals surface area (Å²) in [5, 5.41) is 0. The highest BCUT2D eigenvalue weighted by atomic mass is 15.3. The zero-order valence-corrected chi connectivity index (χ0v) is 9.07. The van der Waals surface area contributed by atoms with Crippen LogP contribution in [-0.2, 0) is 0 Å². The molecular formula is C13H17N. The molecule has 1 aliphatic heterocycles. The molecular weight excluding hydrogens is 170 g/mol. The van der Waals surface area contributed by atoms with Gasteiger partial charge in [-0.3, -0.25) is 0 Å². The second kappa shape index (κ2) is 3.49. The largest absolute Gasteiger partial charge is 0.363 e. The summed E-state index contributed by atoms with van der Waals surface area (Å²) in [6, 6.07) is 12.0. The molecule has 2 atom stereocenters. The van der Waals surface area contributed by atoms with Crippen LogP contribution in [0.15, 0.2) is 42.1 Å². The van der Waals surface area contributed by atoms with Gasteiger partial charge in [-0.05, 0) is 32.5 Å². The van der Waals surface area contributed by atoms with Crippen LogP contribution in [0.25, 0.3) is 0 Å². The second-order valence-corrected chi connectivity index (χ2v) is 4.25. The van der Waals surface area contributed by atoms with Gasteiger partial charge in [0.25, 0.3) is 0 Å². The van der Waals surface area contributed by atoms with Crippen LogP contribution in [0.1, 0.15) is 32.4 Å². The molecule has 1 heteroatoms. The van der Waals surface area contributed by atoms with Gasteiger partial charge in [-0.15, -0.1) is 0 Å². The number of hydrogen-bond acceptors (Lipinski definition) is 1. The van der Waals surface area contributed by atoms with Gasteiger partial charge < -0.3 is 4.90 Å². The summed E-state index contributed by atoms with van der Waals surface area (Å²) in [5.74, 6) is 0. The molecule has 0 unspecified atom stereocenters. The molecule has 74 valence electrons. The van der Waals surface area contributed by atoms with E-state index in [2.05, 4.69) is 62.2 Å². The lowest BCUT2D eigenvalue weighted by atomic mass is 10.1. The average Bonchev–Trinajstić information content (AvgIpc) is 2.77. The van der Waals surface area contributed by atoms with Crippen LogP contribution in [0.2, 0.25) is 0 Å². The van der Waals surface area contributed by atoms with E-state index in [9.17, 15) is 0 Å². The molecule has 0 radical (unpaired) electrons. The maximum Gasteiger partial charge on any atom is 0.0741 e. The standard InChI is InChI=1S/C13H17N/c1-10(2)9-14-11(3)13(14)12-7-5-4-6-8-12/h4-9,11,13H,1-3H3/t11-,13-,14?/m1/s1. The van der Waals surface area contributed by atoms with E-state index in [4.69, 9.17) is 0 Å². The number of hydrogen-bond donors (Lipinski definition) is 0. The fourth-order valence-corrected chi connectivity index (χ4v) is 1.97. The topological polar surface area (TPSA) is 3.01 Å². The zero-order chi connectivity index (χ0) is 10.1. The highest BCUT2D eigenvalue weighted by Crippen LogP contribution is 2.43. The molecule has 2 rings (SSSR count). The van der Waals surface area contributed by atoms with E-state index >= 15 is 0 Å². The summed E-state index contributed by atoms with van der Waals surface area (Å²) in [6.07, 6.45) is 2.25. The number of allylic oxidation sites excluding steroid dienone is 1. The van der Waals surface area contributed by atoms with E-state index in [-0.39, 0.29) is 0 Å². The summed E-state index contributed by atoms with van der Waals surface area (Å²) in [4.78, 5) is 2.41. The molecule has 0 amide bonds. The Bertz CT molecular complexity index is 336. The van der Waals surface area contributed by atoms with E-state index in [0.717, 1.165) is 0 Å². The van der Waals surface area contributed by atoms with E-state index in [0.29, 0.717) is 12.1 Å². The summed E-state index contributed by atoms with van der Waals surface area (Å²) in [6.45, 7) is 6.57. The maximum absolute atomic E-state index is 2.41. The summed E-state index contributed by atoms with van der Waals surface area (Å²) < 4.78 is 0. The summed E-state index contributed by atoms with van der Waals surface area (Å²) in [5.41, 5.74) is 2.80. The van der Waals surface area contributed by atoms with E-state index in [1.165, 1.54) is 11.1 Å². The molecule has 0 aromatic heterocycles. The smallest absolute Gasteiger partial charge is 0.0741 e. The predicted molar refractivity (Wildman–Crippen MR) is 59.9 cm³/mol. The summed E-state index contributed by atoms with van der Waals surface area (Å²) in [7, 11) is 0. The molecule has 0 aliphatic carbocycles. The predicted octanol–water partition coefficient (Wildman–Crippen LogP) is 3.36. The normalized spacial score (nSPS) is 24.6. The molecule has 1 saturated heterocycles. The zero-order valence-electron chi connectivity index (χ0n) is 9.07. The van der Waals surface area contributed by atoms with E-state index < -0.39 is 0 Å². The van der Waals surface area contributed by atoms with Gasteiger partial charge in [-0.1, -0.05) is 35.9 Å². The van der Waals surface area contributed by atoms with Crippen LogP contribution in [0.3, 0.4) is 0 Å². The Hall–Kier alpha value is -1.24. The maximum atomic E-state index is 2.41. The molecule has 1 fully saturated rings. The molecule has 1 nitrogen and oxygen atoms in total. The van der Waals surface area contributed by atoms with Crippen LogP contribution in [-0.4, -0.2) is 10.9 Å². The minimum absolute atomic E-state index is 0.603. The van der Waals surface area contributed by atoms with Gasteiger partial charge in [0, 0.05) is 0 Å². The Morgan fingerprint density at radius 3 is 2.43 bits per heavy atom. The first-order valence-electron chi connectivity index (χ1n) is 5.17. The van der Waals surface area contributed by atoms with Crippen molar-refractivity contribution in [2.75, 3.05) is 0 Å². The fourth-order valence-electron chi connectivity index (χ4n) is 1.97. The SMILES string of the molecule is CC(C)=CN1[C@H](C)[C@@H]1c1ccccc1. The lowest BCUT2D eigenvalue weighted by Crippen LogP contribution is -1.88. The van der Waals surface area contributed by atoms with Crippen molar-refractivity contribution in [2.24, 2.45) is 0 Å². The van der Waals surface area contributed by atoms with Crippen LogP contribution in [0.4, 0.5) is 0 Å². The van der Waals surface area contributed by atoms with Gasteiger partial charge in [0.2, 0.25) is 0 Å². The quantitative estimate of drug-likeness (QED) is 0.642. The first-order valence-corrected chi connectivity index (χ1v) is 5.17. The third-order valence-corrected chi connectivity index (χ3v) is 2.71. The van der Waals surface area contributed by atoms with Crippen molar-refractivity contribution >= 4 is 0 Å². The Balaban J connectivity index is 2.13. The monoisotopic (exact) mass is 187 g/mol. The minimum atomic E-state index is 0.603. The molecule has 0 N–H and O–H groups in total. The first kappa shape index (κ1) is 9.32. The van der Waals surface area contributed by atoms with Crippen LogP contribution >= 0.6 is 0 Å². The van der Waals surface area contributed by atoms with Crippen LogP contribution in [0.5, 0.6) is 0 Å². The average molecular weight is 187 g/mol. The molecule has 0 bridgehead atoms. The first-order chi connectivity index (χ1) is 6.70. The van der Waals surface area contributed by atoms with Crippen molar-refractivity contribution in [3.63, 3.8) is 0 Å². The number of benzene rings is 1. The van der Waals surface area contributed by atoms with Crippen LogP contribution in [0, 0.1) is 0 Å². The highest BCUT2D eigenvalue weighted by Gasteiger charge is 2.42. The Morgan fingerprint density at radius 2 is 1.86 bits per heavy atom. The van der Waals surface area contributed by atoms with Crippen molar-refractivity contribution < 1.29 is 0 Å². The van der Waals surface area contributed by atoms with Crippen LogP contribution < -0.4 is 0 Å². The van der Waals surface area contributed by atoms with Gasteiger partial charge in [-0.2, -0.15) is 0 Å². The Morgan fingerprint density at radius 1 is 1.21 bits per heavy atom. The lowest BCUT2D eigenvalue weighted by molar-refractivity contribution is 0.655. The van der Waals surface area contributed by atoms with Gasteiger partial charge in [0.1, 0.15) is 0 Å². The highest BCUT2D eigenvalue weighted by molar-refractivity contribution is 5.28. The van der Waals surface area contributed by atoms with Gasteiger partial charge >= 0.3 is 0 Å². The van der Waals surface area contributed by atoms with Gasteiger partial charge in [0.05, 0.1) is 12.1 Å². The lowest BCUT2D eigenvalue weighted by Gasteiger charge is -1.99. The minimum Gasteiger partial charge on any atom is -0.363 e. The van der Waals surface area contributed by atoms with Crippen molar-refractivity contribution in [3.8, 4) is 0 Å². The fraction of sp³-hybridized carbons (Fsp3) is 0.385. The third-order valence-electron chi connectivity index (χ3n) is 2.71. The summed E-state index contributed by atoms with van der Waals surface area (Å²) >= 11 is 0. The molecule has 0 saturated carbocycles. The molecule has 1 aliphatic rings. The Kier molecular flexibility index (Phi) is 2.32. The van der Waals surface area contributed by atoms with E-state index in [1.807, 2.05) is 0 Å². The van der Waals surface area contributed by atoms with Crippen molar-refractivity contribution in [1.82, 2.24) is 4.90 Å². The van der Waals surface area contributed by atoms with E-state index in [1.54, 1.807) is 0 Å². The second-order valence-electron chi connectivity index (χ2n) is 4.25. The molecule has 0 spiro atoms. The number of nitrogens with zero attached hydrogens (tertiary/aromatic N) is 1. The Labute approximate surface area is 86.1 Å². The van der Waals surface area contributed by atoms with Gasteiger partial charge in [0.15, 0.2) is 0 Å². The molecule has 1 heterocycles. The molecule has 14 heavy (non-hydrogen) atoms. The van der Waals surface area contributed by atoms with Crippen molar-refractivity contribution in [3.05, 3.63) is 47.7 Å². The number of rotatable bonds is 2. The van der Waals surface area contributed by atoms with Gasteiger partial charge in [-0.25, -0.2) is 0 Å². The van der Waals surface area contributed by atoms with Crippen molar-refractivity contribution in [1.29, 1.82) is 0 Å². The molecule has 1 aromatic carbocycles.